The fraction of sp³-hybridized carbons (Fsp3) is 0.370. The van der Waals surface area contributed by atoms with Crippen molar-refractivity contribution in [2.75, 3.05) is 44.2 Å². The molecule has 0 saturated carbocycles. The Morgan fingerprint density at radius 1 is 1.00 bits per heavy atom. The zero-order valence-electron chi connectivity index (χ0n) is 19.7. The van der Waals surface area contributed by atoms with Gasteiger partial charge in [0.25, 0.3) is 0 Å². The van der Waals surface area contributed by atoms with Gasteiger partial charge in [-0.25, -0.2) is 0 Å². The summed E-state index contributed by atoms with van der Waals surface area (Å²) in [5, 5.41) is 10.1. The molecule has 0 radical (unpaired) electrons. The van der Waals surface area contributed by atoms with Gasteiger partial charge in [0.1, 0.15) is 12.4 Å². The highest BCUT2D eigenvalue weighted by atomic mass is 16.6. The molecule has 178 valence electrons. The van der Waals surface area contributed by atoms with Crippen molar-refractivity contribution in [2.45, 2.75) is 26.5 Å². The lowest BCUT2D eigenvalue weighted by Gasteiger charge is -2.36. The van der Waals surface area contributed by atoms with Crippen molar-refractivity contribution in [3.8, 4) is 17.2 Å². The number of phenolic OH excluding ortho intramolecular Hbond substituents is 1. The number of anilines is 1. The molecule has 3 heterocycles. The van der Waals surface area contributed by atoms with Gasteiger partial charge in [0.05, 0.1) is 18.8 Å². The molecule has 0 unspecified atom stereocenters. The van der Waals surface area contributed by atoms with Crippen molar-refractivity contribution in [1.29, 1.82) is 0 Å². The van der Waals surface area contributed by atoms with Crippen molar-refractivity contribution in [3.63, 3.8) is 0 Å². The molecular weight excluding hydrogens is 430 g/mol. The molecule has 2 aliphatic heterocycles. The SMILES string of the molecule is Cc1cc(C(=O)CN2CCN(c3ccccc3O)CC2)c(C)n1C[C@@H]1COc2ccccc2O1. The van der Waals surface area contributed by atoms with E-state index in [9.17, 15) is 9.90 Å². The number of ether oxygens (including phenoxy) is 2. The molecule has 2 aromatic carbocycles. The monoisotopic (exact) mass is 461 g/mol. The minimum Gasteiger partial charge on any atom is -0.506 e. The second kappa shape index (κ2) is 9.43. The van der Waals surface area contributed by atoms with Crippen molar-refractivity contribution < 1.29 is 19.4 Å². The number of para-hydroxylation sites is 4. The summed E-state index contributed by atoms with van der Waals surface area (Å²) in [6, 6.07) is 17.1. The predicted molar refractivity (Wildman–Crippen MR) is 131 cm³/mol. The zero-order valence-corrected chi connectivity index (χ0v) is 19.7. The lowest BCUT2D eigenvalue weighted by molar-refractivity contribution is 0.0777. The Labute approximate surface area is 200 Å². The maximum atomic E-state index is 13.2. The third kappa shape index (κ3) is 4.48. The molecule has 1 saturated heterocycles. The van der Waals surface area contributed by atoms with E-state index in [-0.39, 0.29) is 11.9 Å². The summed E-state index contributed by atoms with van der Waals surface area (Å²) in [6.07, 6.45) is -0.106. The van der Waals surface area contributed by atoms with Crippen LogP contribution in [0.4, 0.5) is 5.69 Å². The quantitative estimate of drug-likeness (QED) is 0.565. The van der Waals surface area contributed by atoms with Gasteiger partial charge in [-0.05, 0) is 44.2 Å². The molecule has 2 aliphatic rings. The topological polar surface area (TPSA) is 67.2 Å². The van der Waals surface area contributed by atoms with E-state index < -0.39 is 0 Å². The fourth-order valence-corrected chi connectivity index (χ4v) is 4.89. The number of aromatic nitrogens is 1. The van der Waals surface area contributed by atoms with Crippen LogP contribution in [0, 0.1) is 13.8 Å². The van der Waals surface area contributed by atoms with Gasteiger partial charge in [-0.3, -0.25) is 9.69 Å². The van der Waals surface area contributed by atoms with Gasteiger partial charge in [0, 0.05) is 43.1 Å². The number of rotatable bonds is 6. The van der Waals surface area contributed by atoms with Crippen LogP contribution in [-0.2, 0) is 6.54 Å². The maximum Gasteiger partial charge on any atom is 0.178 e. The van der Waals surface area contributed by atoms with Crippen LogP contribution in [0.2, 0.25) is 0 Å². The first-order valence-corrected chi connectivity index (χ1v) is 11.8. The summed E-state index contributed by atoms with van der Waals surface area (Å²) < 4.78 is 14.1. The Balaban J connectivity index is 1.20. The van der Waals surface area contributed by atoms with Crippen LogP contribution in [0.5, 0.6) is 17.2 Å². The van der Waals surface area contributed by atoms with Gasteiger partial charge in [-0.15, -0.1) is 0 Å². The molecule has 1 atom stereocenters. The molecule has 1 aromatic heterocycles. The summed E-state index contributed by atoms with van der Waals surface area (Å²) >= 11 is 0. The van der Waals surface area contributed by atoms with Crippen LogP contribution < -0.4 is 14.4 Å². The molecule has 7 nitrogen and oxygen atoms in total. The van der Waals surface area contributed by atoms with E-state index in [4.69, 9.17) is 9.47 Å². The van der Waals surface area contributed by atoms with E-state index in [0.717, 1.165) is 60.3 Å². The molecule has 7 heteroatoms. The van der Waals surface area contributed by atoms with E-state index in [0.29, 0.717) is 25.4 Å². The molecule has 3 aromatic rings. The number of phenols is 1. The van der Waals surface area contributed by atoms with E-state index >= 15 is 0 Å². The highest BCUT2D eigenvalue weighted by molar-refractivity contribution is 5.99. The highest BCUT2D eigenvalue weighted by Crippen LogP contribution is 2.32. The van der Waals surface area contributed by atoms with Crippen LogP contribution in [0.15, 0.2) is 54.6 Å². The second-order valence-electron chi connectivity index (χ2n) is 9.07. The summed E-state index contributed by atoms with van der Waals surface area (Å²) in [4.78, 5) is 17.6. The number of fused-ring (bicyclic) bond motifs is 1. The van der Waals surface area contributed by atoms with Crippen molar-refractivity contribution >= 4 is 11.5 Å². The van der Waals surface area contributed by atoms with Gasteiger partial charge in [-0.2, -0.15) is 0 Å². The molecule has 0 amide bonds. The molecular formula is C27H31N3O4. The Hall–Kier alpha value is -3.45. The van der Waals surface area contributed by atoms with Crippen molar-refractivity contribution in [3.05, 3.63) is 71.5 Å². The van der Waals surface area contributed by atoms with E-state index in [1.165, 1.54) is 0 Å². The van der Waals surface area contributed by atoms with E-state index in [2.05, 4.69) is 14.4 Å². The number of ketones is 1. The van der Waals surface area contributed by atoms with E-state index in [1.807, 2.05) is 62.4 Å². The third-order valence-electron chi connectivity index (χ3n) is 6.79. The molecule has 0 aliphatic carbocycles. The standard InChI is InChI=1S/C27H31N3O4/c1-19-15-22(20(2)30(19)16-21-18-33-26-9-5-6-10-27(26)34-21)25(32)17-28-11-13-29(14-12-28)23-7-3-4-8-24(23)31/h3-10,15,21,31H,11-14,16-18H2,1-2H3/t21-/m1/s1. The zero-order chi connectivity index (χ0) is 23.7. The number of Topliss-reactive ketones (excluding diaryl/α,β-unsaturated/α-hetero) is 1. The number of piperazine rings is 1. The van der Waals surface area contributed by atoms with Crippen LogP contribution in [-0.4, -0.2) is 65.8 Å². The van der Waals surface area contributed by atoms with Crippen molar-refractivity contribution in [1.82, 2.24) is 9.47 Å². The molecule has 1 N–H and O–H groups in total. The predicted octanol–water partition coefficient (Wildman–Crippen LogP) is 3.66. The summed E-state index contributed by atoms with van der Waals surface area (Å²) in [5.41, 5.74) is 3.65. The smallest absolute Gasteiger partial charge is 0.178 e. The number of aryl methyl sites for hydroxylation is 1. The largest absolute Gasteiger partial charge is 0.506 e. The number of hydrogen-bond donors (Lipinski definition) is 1. The molecule has 5 rings (SSSR count). The van der Waals surface area contributed by atoms with Crippen molar-refractivity contribution in [2.24, 2.45) is 0 Å². The Kier molecular flexibility index (Phi) is 6.20. The average molecular weight is 462 g/mol. The highest BCUT2D eigenvalue weighted by Gasteiger charge is 2.26. The van der Waals surface area contributed by atoms with Crippen LogP contribution in [0.3, 0.4) is 0 Å². The van der Waals surface area contributed by atoms with Crippen LogP contribution >= 0.6 is 0 Å². The molecule has 0 spiro atoms. The van der Waals surface area contributed by atoms with Crippen LogP contribution in [0.1, 0.15) is 21.7 Å². The molecule has 1 fully saturated rings. The fourth-order valence-electron chi connectivity index (χ4n) is 4.89. The number of hydrogen-bond acceptors (Lipinski definition) is 6. The van der Waals surface area contributed by atoms with Crippen LogP contribution in [0.25, 0.3) is 0 Å². The Morgan fingerprint density at radius 3 is 2.47 bits per heavy atom. The van der Waals surface area contributed by atoms with Gasteiger partial charge >= 0.3 is 0 Å². The number of benzene rings is 2. The Morgan fingerprint density at radius 2 is 1.71 bits per heavy atom. The van der Waals surface area contributed by atoms with Gasteiger partial charge in [0.2, 0.25) is 0 Å². The maximum absolute atomic E-state index is 13.2. The number of nitrogens with zero attached hydrogens (tertiary/aromatic N) is 3. The first-order chi connectivity index (χ1) is 16.5. The minimum absolute atomic E-state index is 0.106. The third-order valence-corrected chi connectivity index (χ3v) is 6.79. The van der Waals surface area contributed by atoms with E-state index in [1.54, 1.807) is 6.07 Å². The summed E-state index contributed by atoms with van der Waals surface area (Å²) in [7, 11) is 0. The van der Waals surface area contributed by atoms with Gasteiger partial charge in [0.15, 0.2) is 23.4 Å². The Bertz CT molecular complexity index is 1180. The number of aromatic hydroxyl groups is 1. The first-order valence-electron chi connectivity index (χ1n) is 11.8. The van der Waals surface area contributed by atoms with Gasteiger partial charge in [-0.1, -0.05) is 24.3 Å². The lowest BCUT2D eigenvalue weighted by Crippen LogP contribution is -2.48. The molecule has 34 heavy (non-hydrogen) atoms. The molecule has 0 bridgehead atoms. The normalized spacial score (nSPS) is 18.2. The minimum atomic E-state index is -0.106. The average Bonchev–Trinajstić information content (AvgIpc) is 3.13. The lowest BCUT2D eigenvalue weighted by atomic mass is 10.1. The first kappa shape index (κ1) is 22.3. The summed E-state index contributed by atoms with van der Waals surface area (Å²) in [5.74, 6) is 1.98. The second-order valence-corrected chi connectivity index (χ2v) is 9.07. The summed E-state index contributed by atoms with van der Waals surface area (Å²) in [6.45, 7) is 8.69. The number of carbonyl (C=O) groups excluding carboxylic acids is 1. The van der Waals surface area contributed by atoms with Gasteiger partial charge < -0.3 is 24.0 Å². The number of carbonyl (C=O) groups is 1.